The first kappa shape index (κ1) is 13.1. The highest BCUT2D eigenvalue weighted by Gasteiger charge is 2.09. The standard InChI is InChI=1S/C11H12Cl2N4O/c1-2-6-17-10(14-15-16-17)7-18-9-5-3-4-8(12)11(9)13/h3-5H,2,6-7H2,1H3. The van der Waals surface area contributed by atoms with E-state index >= 15 is 0 Å². The largest absolute Gasteiger partial charge is 0.484 e. The predicted octanol–water partition coefficient (Wildman–Crippen LogP) is 2.97. The van der Waals surface area contributed by atoms with Crippen LogP contribution in [0.3, 0.4) is 0 Å². The Balaban J connectivity index is 2.07. The number of aryl methyl sites for hydroxylation is 1. The monoisotopic (exact) mass is 286 g/mol. The molecule has 96 valence electrons. The van der Waals surface area contributed by atoms with Crippen molar-refractivity contribution in [1.82, 2.24) is 20.2 Å². The summed E-state index contributed by atoms with van der Waals surface area (Å²) < 4.78 is 7.28. The Morgan fingerprint density at radius 2 is 2.17 bits per heavy atom. The van der Waals surface area contributed by atoms with E-state index in [1.807, 2.05) is 0 Å². The van der Waals surface area contributed by atoms with Gasteiger partial charge in [-0.15, -0.1) is 5.10 Å². The topological polar surface area (TPSA) is 52.8 Å². The summed E-state index contributed by atoms with van der Waals surface area (Å²) >= 11 is 11.9. The Morgan fingerprint density at radius 3 is 2.94 bits per heavy atom. The molecule has 1 aromatic carbocycles. The summed E-state index contributed by atoms with van der Waals surface area (Å²) in [6.45, 7) is 3.07. The predicted molar refractivity (Wildman–Crippen MR) is 68.9 cm³/mol. The van der Waals surface area contributed by atoms with E-state index in [0.717, 1.165) is 13.0 Å². The minimum Gasteiger partial charge on any atom is -0.484 e. The molecule has 0 aliphatic rings. The van der Waals surface area contributed by atoms with Crippen molar-refractivity contribution in [3.63, 3.8) is 0 Å². The van der Waals surface area contributed by atoms with Crippen LogP contribution in [0.4, 0.5) is 0 Å². The Kier molecular flexibility index (Phi) is 4.38. The van der Waals surface area contributed by atoms with Gasteiger partial charge < -0.3 is 4.74 Å². The smallest absolute Gasteiger partial charge is 0.189 e. The Bertz CT molecular complexity index is 530. The summed E-state index contributed by atoms with van der Waals surface area (Å²) in [4.78, 5) is 0. The second kappa shape index (κ2) is 6.02. The van der Waals surface area contributed by atoms with Gasteiger partial charge in [0.05, 0.1) is 5.02 Å². The normalized spacial score (nSPS) is 10.6. The third kappa shape index (κ3) is 2.91. The van der Waals surface area contributed by atoms with E-state index in [1.54, 1.807) is 22.9 Å². The number of hydrogen-bond donors (Lipinski definition) is 0. The van der Waals surface area contributed by atoms with Gasteiger partial charge in [0.25, 0.3) is 0 Å². The summed E-state index contributed by atoms with van der Waals surface area (Å²) in [5.41, 5.74) is 0. The molecular weight excluding hydrogens is 275 g/mol. The highest BCUT2D eigenvalue weighted by atomic mass is 35.5. The van der Waals surface area contributed by atoms with Crippen molar-refractivity contribution < 1.29 is 4.74 Å². The van der Waals surface area contributed by atoms with Crippen LogP contribution in [0.25, 0.3) is 0 Å². The minimum absolute atomic E-state index is 0.257. The zero-order chi connectivity index (χ0) is 13.0. The number of benzene rings is 1. The van der Waals surface area contributed by atoms with Crippen LogP contribution in [0.1, 0.15) is 19.2 Å². The summed E-state index contributed by atoms with van der Waals surface area (Å²) in [6, 6.07) is 5.23. The number of halogens is 2. The van der Waals surface area contributed by atoms with Crippen LogP contribution in [0.2, 0.25) is 10.0 Å². The average molecular weight is 287 g/mol. The lowest BCUT2D eigenvalue weighted by molar-refractivity contribution is 0.286. The lowest BCUT2D eigenvalue weighted by Gasteiger charge is -2.08. The van der Waals surface area contributed by atoms with Gasteiger partial charge >= 0.3 is 0 Å². The van der Waals surface area contributed by atoms with Crippen molar-refractivity contribution in [2.75, 3.05) is 0 Å². The molecule has 1 aromatic heterocycles. The molecule has 0 aliphatic heterocycles. The molecule has 2 rings (SSSR count). The van der Waals surface area contributed by atoms with Crippen LogP contribution in [-0.2, 0) is 13.2 Å². The molecule has 2 aromatic rings. The van der Waals surface area contributed by atoms with Gasteiger partial charge in [-0.05, 0) is 29.0 Å². The second-order valence-corrected chi connectivity index (χ2v) is 4.44. The molecule has 0 N–H and O–H groups in total. The molecule has 0 fully saturated rings. The maximum atomic E-state index is 6.02. The van der Waals surface area contributed by atoms with Crippen LogP contribution in [0.5, 0.6) is 5.75 Å². The molecule has 0 atom stereocenters. The fourth-order valence-corrected chi connectivity index (χ4v) is 1.80. The zero-order valence-corrected chi connectivity index (χ0v) is 11.3. The van der Waals surface area contributed by atoms with E-state index < -0.39 is 0 Å². The molecule has 18 heavy (non-hydrogen) atoms. The van der Waals surface area contributed by atoms with E-state index in [0.29, 0.717) is 21.6 Å². The number of ether oxygens (including phenoxy) is 1. The molecular formula is C11H12Cl2N4O. The number of rotatable bonds is 5. The van der Waals surface area contributed by atoms with Gasteiger partial charge in [-0.2, -0.15) is 0 Å². The second-order valence-electron chi connectivity index (χ2n) is 3.66. The minimum atomic E-state index is 0.257. The highest BCUT2D eigenvalue weighted by molar-refractivity contribution is 6.42. The van der Waals surface area contributed by atoms with E-state index in [4.69, 9.17) is 27.9 Å². The van der Waals surface area contributed by atoms with E-state index in [9.17, 15) is 0 Å². The molecule has 0 spiro atoms. The summed E-state index contributed by atoms with van der Waals surface area (Å²) in [7, 11) is 0. The molecule has 0 unspecified atom stereocenters. The van der Waals surface area contributed by atoms with Gasteiger partial charge in [-0.3, -0.25) is 0 Å². The van der Waals surface area contributed by atoms with Crippen LogP contribution in [0.15, 0.2) is 18.2 Å². The Labute approximate surface area is 115 Å². The first-order valence-corrected chi connectivity index (χ1v) is 6.29. The lowest BCUT2D eigenvalue weighted by atomic mass is 10.3. The van der Waals surface area contributed by atoms with Gasteiger partial charge in [0.15, 0.2) is 5.82 Å². The third-order valence-corrected chi connectivity index (χ3v) is 3.12. The van der Waals surface area contributed by atoms with Crippen LogP contribution < -0.4 is 4.74 Å². The van der Waals surface area contributed by atoms with Crippen LogP contribution in [0, 0.1) is 0 Å². The summed E-state index contributed by atoms with van der Waals surface area (Å²) in [5, 5.41) is 12.3. The van der Waals surface area contributed by atoms with Gasteiger partial charge in [-0.25, -0.2) is 4.68 Å². The SMILES string of the molecule is CCCn1nnnc1COc1cccc(Cl)c1Cl. The van der Waals surface area contributed by atoms with E-state index in [1.165, 1.54) is 0 Å². The van der Waals surface area contributed by atoms with Gasteiger partial charge in [0.2, 0.25) is 0 Å². The lowest BCUT2D eigenvalue weighted by Crippen LogP contribution is -2.08. The molecule has 0 aliphatic carbocycles. The highest BCUT2D eigenvalue weighted by Crippen LogP contribution is 2.31. The molecule has 0 radical (unpaired) electrons. The quantitative estimate of drug-likeness (QED) is 0.848. The molecule has 0 saturated carbocycles. The van der Waals surface area contributed by atoms with Crippen molar-refractivity contribution in [1.29, 1.82) is 0 Å². The van der Waals surface area contributed by atoms with Gasteiger partial charge in [0, 0.05) is 6.54 Å². The number of nitrogens with zero attached hydrogens (tertiary/aromatic N) is 4. The van der Waals surface area contributed by atoms with Crippen molar-refractivity contribution >= 4 is 23.2 Å². The molecule has 1 heterocycles. The molecule has 0 bridgehead atoms. The van der Waals surface area contributed by atoms with Crippen molar-refractivity contribution in [3.05, 3.63) is 34.1 Å². The maximum Gasteiger partial charge on any atom is 0.189 e. The fraction of sp³-hybridized carbons (Fsp3) is 0.364. The van der Waals surface area contributed by atoms with Crippen molar-refractivity contribution in [2.24, 2.45) is 0 Å². The van der Waals surface area contributed by atoms with Crippen LogP contribution in [-0.4, -0.2) is 20.2 Å². The first-order chi connectivity index (χ1) is 8.72. The van der Waals surface area contributed by atoms with Gasteiger partial charge in [-0.1, -0.05) is 36.2 Å². The zero-order valence-electron chi connectivity index (χ0n) is 9.81. The number of aromatic nitrogens is 4. The molecule has 7 heteroatoms. The Morgan fingerprint density at radius 1 is 1.33 bits per heavy atom. The average Bonchev–Trinajstić information content (AvgIpc) is 2.79. The van der Waals surface area contributed by atoms with E-state index in [-0.39, 0.29) is 6.61 Å². The van der Waals surface area contributed by atoms with Gasteiger partial charge in [0.1, 0.15) is 17.4 Å². The van der Waals surface area contributed by atoms with Crippen LogP contribution >= 0.6 is 23.2 Å². The van der Waals surface area contributed by atoms with Crippen molar-refractivity contribution in [2.45, 2.75) is 26.5 Å². The molecule has 5 nitrogen and oxygen atoms in total. The maximum absolute atomic E-state index is 6.02. The number of tetrazole rings is 1. The Hall–Kier alpha value is -1.33. The van der Waals surface area contributed by atoms with Crippen molar-refractivity contribution in [3.8, 4) is 5.75 Å². The summed E-state index contributed by atoms with van der Waals surface area (Å²) in [6.07, 6.45) is 0.954. The fourth-order valence-electron chi connectivity index (χ4n) is 1.45. The molecule has 0 saturated heterocycles. The summed E-state index contributed by atoms with van der Waals surface area (Å²) in [5.74, 6) is 1.18. The first-order valence-electron chi connectivity index (χ1n) is 5.54. The third-order valence-electron chi connectivity index (χ3n) is 2.31. The molecule has 0 amide bonds. The number of hydrogen-bond acceptors (Lipinski definition) is 4. The van der Waals surface area contributed by atoms with E-state index in [2.05, 4.69) is 22.4 Å².